The molecule has 1 saturated heterocycles. The molecule has 7 nitrogen and oxygen atoms in total. The summed E-state index contributed by atoms with van der Waals surface area (Å²) in [6, 6.07) is 15.4. The van der Waals surface area contributed by atoms with Crippen LogP contribution in [0.2, 0.25) is 0 Å². The van der Waals surface area contributed by atoms with Crippen molar-refractivity contribution >= 4 is 18.0 Å². The molecule has 1 fully saturated rings. The topological polar surface area (TPSA) is 95.9 Å². The summed E-state index contributed by atoms with van der Waals surface area (Å²) in [5.74, 6) is -1.68. The summed E-state index contributed by atoms with van der Waals surface area (Å²) in [6.07, 6.45) is -0.640. The summed E-state index contributed by atoms with van der Waals surface area (Å²) in [6.45, 7) is 4.22. The molecule has 31 heavy (non-hydrogen) atoms. The number of benzene rings is 2. The van der Waals surface area contributed by atoms with Crippen LogP contribution < -0.4 is 5.32 Å². The number of nitrogens with zero attached hydrogens (tertiary/aromatic N) is 1. The number of carbonyl (C=O) groups excluding carboxylic acids is 2. The molecule has 162 valence electrons. The van der Waals surface area contributed by atoms with Crippen molar-refractivity contribution in [1.82, 2.24) is 10.2 Å². The van der Waals surface area contributed by atoms with Crippen LogP contribution in [0.15, 0.2) is 48.5 Å². The molecule has 2 N–H and O–H groups in total. The van der Waals surface area contributed by atoms with Gasteiger partial charge in [0.1, 0.15) is 12.6 Å². The molecule has 2 aliphatic rings. The largest absolute Gasteiger partial charge is 0.481 e. The zero-order chi connectivity index (χ0) is 22.1. The molecule has 7 heteroatoms. The van der Waals surface area contributed by atoms with Crippen LogP contribution in [0.5, 0.6) is 0 Å². The Kier molecular flexibility index (Phi) is 5.67. The van der Waals surface area contributed by atoms with Crippen LogP contribution in [-0.4, -0.2) is 53.7 Å². The van der Waals surface area contributed by atoms with Gasteiger partial charge in [-0.3, -0.25) is 9.59 Å². The molecule has 2 aromatic carbocycles. The van der Waals surface area contributed by atoms with Crippen LogP contribution in [0.3, 0.4) is 0 Å². The van der Waals surface area contributed by atoms with Gasteiger partial charge in [0.05, 0.1) is 5.92 Å². The Bertz CT molecular complexity index is 969. The SMILES string of the molecule is CC(C(=O)O)C1CN(C(=O)[C@@H](C)NC(=O)OCC2c3ccccc3-c3ccccc32)C1. The fourth-order valence-corrected chi connectivity index (χ4v) is 4.36. The molecule has 0 aromatic heterocycles. The standard InChI is InChI=1S/C24H26N2O5/c1-14(23(28)29)16-11-26(12-16)22(27)15(2)25-24(30)31-13-21-19-9-5-3-7-17(19)18-8-4-6-10-20(18)21/h3-10,14-16,21H,11-13H2,1-2H3,(H,25,30)(H,28,29)/t14?,15-/m1/s1. The number of rotatable bonds is 6. The van der Waals surface area contributed by atoms with E-state index in [2.05, 4.69) is 17.4 Å². The van der Waals surface area contributed by atoms with Crippen molar-refractivity contribution in [1.29, 1.82) is 0 Å². The van der Waals surface area contributed by atoms with Crippen LogP contribution in [0, 0.1) is 11.8 Å². The van der Waals surface area contributed by atoms with E-state index in [-0.39, 0.29) is 24.3 Å². The third-order valence-corrected chi connectivity index (χ3v) is 6.37. The molecule has 1 heterocycles. The Balaban J connectivity index is 1.31. The van der Waals surface area contributed by atoms with Gasteiger partial charge in [-0.2, -0.15) is 0 Å². The molecule has 4 rings (SSSR count). The number of amides is 2. The molecule has 0 radical (unpaired) electrons. The smallest absolute Gasteiger partial charge is 0.407 e. The molecule has 2 atom stereocenters. The number of aliphatic carboxylic acids is 1. The summed E-state index contributed by atoms with van der Waals surface area (Å²) < 4.78 is 5.48. The third kappa shape index (κ3) is 4.00. The number of carbonyl (C=O) groups is 3. The fraction of sp³-hybridized carbons (Fsp3) is 0.375. The molecule has 0 bridgehead atoms. The van der Waals surface area contributed by atoms with E-state index in [1.807, 2.05) is 36.4 Å². The quantitative estimate of drug-likeness (QED) is 0.746. The number of nitrogens with one attached hydrogen (secondary N) is 1. The maximum Gasteiger partial charge on any atom is 0.407 e. The summed E-state index contributed by atoms with van der Waals surface area (Å²) in [5, 5.41) is 11.7. The predicted octanol–water partition coefficient (Wildman–Crippen LogP) is 3.09. The van der Waals surface area contributed by atoms with Gasteiger partial charge < -0.3 is 20.1 Å². The Hall–Kier alpha value is -3.35. The Morgan fingerprint density at radius 1 is 1.03 bits per heavy atom. The first-order valence-corrected chi connectivity index (χ1v) is 10.5. The van der Waals surface area contributed by atoms with E-state index in [9.17, 15) is 14.4 Å². The minimum Gasteiger partial charge on any atom is -0.481 e. The number of alkyl carbamates (subject to hydrolysis) is 1. The number of likely N-dealkylation sites (tertiary alicyclic amines) is 1. The highest BCUT2D eigenvalue weighted by atomic mass is 16.5. The Morgan fingerprint density at radius 2 is 1.58 bits per heavy atom. The van der Waals surface area contributed by atoms with Crippen molar-refractivity contribution in [2.75, 3.05) is 19.7 Å². The monoisotopic (exact) mass is 422 g/mol. The van der Waals surface area contributed by atoms with Gasteiger partial charge >= 0.3 is 12.1 Å². The van der Waals surface area contributed by atoms with Crippen molar-refractivity contribution < 1.29 is 24.2 Å². The second-order valence-electron chi connectivity index (χ2n) is 8.32. The van der Waals surface area contributed by atoms with Crippen LogP contribution >= 0.6 is 0 Å². The van der Waals surface area contributed by atoms with E-state index >= 15 is 0 Å². The number of carboxylic acids is 1. The summed E-state index contributed by atoms with van der Waals surface area (Å²) in [5.41, 5.74) is 4.55. The molecule has 2 aromatic rings. The zero-order valence-electron chi connectivity index (χ0n) is 17.6. The van der Waals surface area contributed by atoms with Gasteiger partial charge in [0.2, 0.25) is 5.91 Å². The fourth-order valence-electron chi connectivity index (χ4n) is 4.36. The second kappa shape index (κ2) is 8.41. The number of hydrogen-bond acceptors (Lipinski definition) is 4. The van der Waals surface area contributed by atoms with E-state index in [0.717, 1.165) is 22.3 Å². The molecule has 0 saturated carbocycles. The number of fused-ring (bicyclic) bond motifs is 3. The van der Waals surface area contributed by atoms with Gasteiger partial charge in [0.25, 0.3) is 0 Å². The zero-order valence-corrected chi connectivity index (χ0v) is 17.6. The normalized spacial score (nSPS) is 17.2. The molecule has 1 aliphatic heterocycles. The molecule has 0 spiro atoms. The molecule has 2 amide bonds. The summed E-state index contributed by atoms with van der Waals surface area (Å²) in [7, 11) is 0. The molecule has 1 unspecified atom stereocenters. The number of ether oxygens (including phenoxy) is 1. The summed E-state index contributed by atoms with van der Waals surface area (Å²) in [4.78, 5) is 37.5. The van der Waals surface area contributed by atoms with Crippen LogP contribution in [0.4, 0.5) is 4.79 Å². The lowest BCUT2D eigenvalue weighted by molar-refractivity contribution is -0.151. The van der Waals surface area contributed by atoms with Crippen molar-refractivity contribution in [2.24, 2.45) is 11.8 Å². The van der Waals surface area contributed by atoms with Gasteiger partial charge in [-0.25, -0.2) is 4.79 Å². The molecule has 1 aliphatic carbocycles. The van der Waals surface area contributed by atoms with E-state index in [4.69, 9.17) is 9.84 Å². The number of hydrogen-bond donors (Lipinski definition) is 2. The first-order valence-electron chi connectivity index (χ1n) is 10.5. The average Bonchev–Trinajstić information content (AvgIpc) is 3.04. The van der Waals surface area contributed by atoms with E-state index < -0.39 is 24.0 Å². The Morgan fingerprint density at radius 3 is 2.13 bits per heavy atom. The van der Waals surface area contributed by atoms with E-state index in [1.165, 1.54) is 0 Å². The van der Waals surface area contributed by atoms with E-state index in [1.54, 1.807) is 18.7 Å². The van der Waals surface area contributed by atoms with Crippen LogP contribution in [0.1, 0.15) is 30.9 Å². The minimum absolute atomic E-state index is 0.0437. The lowest BCUT2D eigenvalue weighted by Gasteiger charge is -2.42. The van der Waals surface area contributed by atoms with Crippen molar-refractivity contribution in [3.05, 3.63) is 59.7 Å². The van der Waals surface area contributed by atoms with Gasteiger partial charge in [0, 0.05) is 24.9 Å². The maximum atomic E-state index is 12.5. The first-order chi connectivity index (χ1) is 14.9. The highest BCUT2D eigenvalue weighted by Crippen LogP contribution is 2.44. The maximum absolute atomic E-state index is 12.5. The first kappa shape index (κ1) is 20.9. The van der Waals surface area contributed by atoms with Crippen molar-refractivity contribution in [3.63, 3.8) is 0 Å². The molecular formula is C24H26N2O5. The highest BCUT2D eigenvalue weighted by molar-refractivity contribution is 5.86. The van der Waals surface area contributed by atoms with Gasteiger partial charge in [-0.15, -0.1) is 0 Å². The second-order valence-corrected chi connectivity index (χ2v) is 8.32. The highest BCUT2D eigenvalue weighted by Gasteiger charge is 2.39. The van der Waals surface area contributed by atoms with Gasteiger partial charge in [0.15, 0.2) is 0 Å². The van der Waals surface area contributed by atoms with E-state index in [0.29, 0.717) is 13.1 Å². The van der Waals surface area contributed by atoms with Crippen LogP contribution in [-0.2, 0) is 14.3 Å². The lowest BCUT2D eigenvalue weighted by Crippen LogP contribution is -2.58. The van der Waals surface area contributed by atoms with Crippen LogP contribution in [0.25, 0.3) is 11.1 Å². The minimum atomic E-state index is -0.859. The van der Waals surface area contributed by atoms with Crippen molar-refractivity contribution in [3.8, 4) is 11.1 Å². The predicted molar refractivity (Wildman–Crippen MR) is 115 cm³/mol. The number of carboxylic acid groups (broad SMARTS) is 1. The van der Waals surface area contributed by atoms with Crippen molar-refractivity contribution in [2.45, 2.75) is 25.8 Å². The third-order valence-electron chi connectivity index (χ3n) is 6.37. The van der Waals surface area contributed by atoms with Gasteiger partial charge in [-0.1, -0.05) is 55.5 Å². The summed E-state index contributed by atoms with van der Waals surface area (Å²) >= 11 is 0. The Labute approximate surface area is 181 Å². The molecular weight excluding hydrogens is 396 g/mol. The average molecular weight is 422 g/mol. The lowest BCUT2D eigenvalue weighted by atomic mass is 9.87. The van der Waals surface area contributed by atoms with Gasteiger partial charge in [-0.05, 0) is 29.2 Å².